The topological polar surface area (TPSA) is 109 Å². The Kier molecular flexibility index (Phi) is 6.78. The van der Waals surface area contributed by atoms with Crippen LogP contribution in [0.5, 0.6) is 11.5 Å². The van der Waals surface area contributed by atoms with E-state index in [0.717, 1.165) is 30.0 Å². The number of amides is 1. The van der Waals surface area contributed by atoms with Crippen LogP contribution in [0.2, 0.25) is 0 Å². The molecule has 0 saturated carbocycles. The number of para-hydroxylation sites is 1. The van der Waals surface area contributed by atoms with Crippen LogP contribution in [0.3, 0.4) is 0 Å². The van der Waals surface area contributed by atoms with Gasteiger partial charge in [-0.15, -0.1) is 0 Å². The highest BCUT2D eigenvalue weighted by Crippen LogP contribution is 2.35. The summed E-state index contributed by atoms with van der Waals surface area (Å²) in [5.74, 6) is -2.25. The predicted octanol–water partition coefficient (Wildman–Crippen LogP) is 2.88. The number of carbonyl (C=O) groups is 2. The quantitative estimate of drug-likeness (QED) is 0.557. The number of hydrogen-bond donors (Lipinski definition) is 1. The first kappa shape index (κ1) is 22.4. The minimum Gasteiger partial charge on any atom is -0.493 e. The summed E-state index contributed by atoms with van der Waals surface area (Å²) < 4.78 is 40.6. The lowest BCUT2D eigenvalue weighted by atomic mass is 10.1. The second kappa shape index (κ2) is 9.69. The molecule has 0 radical (unpaired) electrons. The Morgan fingerprint density at radius 2 is 1.75 bits per heavy atom. The van der Waals surface area contributed by atoms with E-state index in [0.29, 0.717) is 5.69 Å². The highest BCUT2D eigenvalue weighted by Gasteiger charge is 2.22. The fourth-order valence-electron chi connectivity index (χ4n) is 2.76. The molecule has 0 bridgehead atoms. The van der Waals surface area contributed by atoms with Gasteiger partial charge in [0, 0.05) is 18.2 Å². The number of carbonyl (C=O) groups excluding carboxylic acids is 2. The molecule has 0 aliphatic rings. The standard InChI is InChI=1S/C21H17F2N3O6/c1-30-16-10-13(20(29)31-2)15(11-17(16)32-21(22)23)24-19(28)14-8-9-18(27)26(25-14)12-6-4-3-5-7-12/h3-11,21H,1-2H3,(H,24,28). The Balaban J connectivity index is 2.01. The van der Waals surface area contributed by atoms with Gasteiger partial charge in [-0.3, -0.25) is 9.59 Å². The summed E-state index contributed by atoms with van der Waals surface area (Å²) in [4.78, 5) is 37.1. The minimum atomic E-state index is -3.17. The van der Waals surface area contributed by atoms with Crippen molar-refractivity contribution in [1.29, 1.82) is 0 Å². The molecule has 0 aliphatic heterocycles. The number of nitrogens with zero attached hydrogens (tertiary/aromatic N) is 2. The number of alkyl halides is 2. The monoisotopic (exact) mass is 445 g/mol. The molecule has 0 saturated heterocycles. The van der Waals surface area contributed by atoms with E-state index in [4.69, 9.17) is 4.74 Å². The number of benzene rings is 2. The maximum atomic E-state index is 12.8. The van der Waals surface area contributed by atoms with E-state index < -0.39 is 29.8 Å². The number of nitrogens with one attached hydrogen (secondary N) is 1. The molecular formula is C21H17F2N3O6. The van der Waals surface area contributed by atoms with Crippen LogP contribution in [0.25, 0.3) is 5.69 Å². The van der Waals surface area contributed by atoms with Crippen LogP contribution in [0, 0.1) is 0 Å². The molecule has 166 valence electrons. The Labute approximate surface area is 180 Å². The molecule has 3 aromatic rings. The Morgan fingerprint density at radius 3 is 2.38 bits per heavy atom. The molecule has 2 aromatic carbocycles. The fourth-order valence-corrected chi connectivity index (χ4v) is 2.76. The number of halogens is 2. The zero-order valence-electron chi connectivity index (χ0n) is 16.9. The van der Waals surface area contributed by atoms with Gasteiger partial charge in [-0.25, -0.2) is 4.79 Å². The third-order valence-corrected chi connectivity index (χ3v) is 4.21. The number of anilines is 1. The Hall–Kier alpha value is -4.28. The van der Waals surface area contributed by atoms with E-state index in [1.54, 1.807) is 30.3 Å². The average molecular weight is 445 g/mol. The molecule has 11 heteroatoms. The van der Waals surface area contributed by atoms with E-state index >= 15 is 0 Å². The molecule has 32 heavy (non-hydrogen) atoms. The lowest BCUT2D eigenvalue weighted by Crippen LogP contribution is -2.25. The summed E-state index contributed by atoms with van der Waals surface area (Å²) in [6.45, 7) is -3.17. The van der Waals surface area contributed by atoms with Gasteiger partial charge in [0.1, 0.15) is 5.69 Å². The second-order valence-corrected chi connectivity index (χ2v) is 6.18. The molecular weight excluding hydrogens is 428 g/mol. The number of hydrogen-bond acceptors (Lipinski definition) is 7. The van der Waals surface area contributed by atoms with E-state index in [9.17, 15) is 23.2 Å². The van der Waals surface area contributed by atoms with Crippen molar-refractivity contribution in [2.24, 2.45) is 0 Å². The maximum Gasteiger partial charge on any atom is 0.387 e. The van der Waals surface area contributed by atoms with E-state index in [-0.39, 0.29) is 22.7 Å². The van der Waals surface area contributed by atoms with Crippen LogP contribution in [-0.4, -0.2) is 42.5 Å². The molecule has 0 spiro atoms. The molecule has 1 heterocycles. The van der Waals surface area contributed by atoms with Crippen LogP contribution < -0.4 is 20.3 Å². The van der Waals surface area contributed by atoms with Gasteiger partial charge in [-0.1, -0.05) is 18.2 Å². The van der Waals surface area contributed by atoms with Crippen molar-refractivity contribution in [3.05, 3.63) is 76.2 Å². The summed E-state index contributed by atoms with van der Waals surface area (Å²) in [5, 5.41) is 6.44. The van der Waals surface area contributed by atoms with Crippen molar-refractivity contribution in [2.45, 2.75) is 6.61 Å². The van der Waals surface area contributed by atoms with Gasteiger partial charge < -0.3 is 19.5 Å². The minimum absolute atomic E-state index is 0.167. The zero-order valence-corrected chi connectivity index (χ0v) is 16.9. The second-order valence-electron chi connectivity index (χ2n) is 6.18. The molecule has 0 fully saturated rings. The van der Waals surface area contributed by atoms with E-state index in [1.807, 2.05) is 0 Å². The number of rotatable bonds is 7. The largest absolute Gasteiger partial charge is 0.493 e. The zero-order chi connectivity index (χ0) is 23.3. The van der Waals surface area contributed by atoms with Gasteiger partial charge in [0.25, 0.3) is 11.5 Å². The first-order valence-corrected chi connectivity index (χ1v) is 9.06. The molecule has 1 N–H and O–H groups in total. The predicted molar refractivity (Wildman–Crippen MR) is 109 cm³/mol. The van der Waals surface area contributed by atoms with E-state index in [2.05, 4.69) is 19.9 Å². The molecule has 1 amide bonds. The van der Waals surface area contributed by atoms with Gasteiger partial charge >= 0.3 is 12.6 Å². The van der Waals surface area contributed by atoms with Gasteiger partial charge in [0.05, 0.1) is 31.2 Å². The van der Waals surface area contributed by atoms with Crippen molar-refractivity contribution in [3.8, 4) is 17.2 Å². The first-order chi connectivity index (χ1) is 15.3. The fraction of sp³-hybridized carbons (Fsp3) is 0.143. The number of methoxy groups -OCH3 is 2. The molecule has 0 unspecified atom stereocenters. The van der Waals surface area contributed by atoms with Crippen LogP contribution in [0.4, 0.5) is 14.5 Å². The maximum absolute atomic E-state index is 12.8. The third-order valence-electron chi connectivity index (χ3n) is 4.21. The van der Waals surface area contributed by atoms with Crippen LogP contribution in [0.15, 0.2) is 59.4 Å². The highest BCUT2D eigenvalue weighted by molar-refractivity contribution is 6.07. The lowest BCUT2D eigenvalue weighted by Gasteiger charge is -2.15. The third kappa shape index (κ3) is 4.89. The van der Waals surface area contributed by atoms with Crippen LogP contribution in [0.1, 0.15) is 20.8 Å². The molecule has 0 aliphatic carbocycles. The van der Waals surface area contributed by atoms with Crippen LogP contribution in [-0.2, 0) is 4.74 Å². The smallest absolute Gasteiger partial charge is 0.387 e. The first-order valence-electron chi connectivity index (χ1n) is 9.06. The molecule has 9 nitrogen and oxygen atoms in total. The number of ether oxygens (including phenoxy) is 3. The van der Waals surface area contributed by atoms with Crippen LogP contribution >= 0.6 is 0 Å². The SMILES string of the molecule is COC(=O)c1cc(OC)c(OC(F)F)cc1NC(=O)c1ccc(=O)n(-c2ccccc2)n1. The normalized spacial score (nSPS) is 10.5. The van der Waals surface area contributed by atoms with Crippen molar-refractivity contribution in [1.82, 2.24) is 9.78 Å². The molecule has 0 atom stereocenters. The summed E-state index contributed by atoms with van der Waals surface area (Å²) in [5.41, 5.74) is -0.566. The summed E-state index contributed by atoms with van der Waals surface area (Å²) in [6, 6.07) is 12.8. The van der Waals surface area contributed by atoms with Crippen molar-refractivity contribution >= 4 is 17.6 Å². The Morgan fingerprint density at radius 1 is 1.03 bits per heavy atom. The van der Waals surface area contributed by atoms with Crippen molar-refractivity contribution in [2.75, 3.05) is 19.5 Å². The molecule has 3 rings (SSSR count). The highest BCUT2D eigenvalue weighted by atomic mass is 19.3. The number of aromatic nitrogens is 2. The van der Waals surface area contributed by atoms with Gasteiger partial charge in [0.2, 0.25) is 0 Å². The number of esters is 1. The Bertz CT molecular complexity index is 1200. The molecule has 1 aromatic heterocycles. The average Bonchev–Trinajstić information content (AvgIpc) is 2.79. The van der Waals surface area contributed by atoms with Gasteiger partial charge in [0.15, 0.2) is 11.5 Å². The summed E-state index contributed by atoms with van der Waals surface area (Å²) in [6.07, 6.45) is 0. The van der Waals surface area contributed by atoms with Gasteiger partial charge in [-0.2, -0.15) is 18.6 Å². The van der Waals surface area contributed by atoms with Gasteiger partial charge in [-0.05, 0) is 18.2 Å². The lowest BCUT2D eigenvalue weighted by molar-refractivity contribution is -0.0511. The van der Waals surface area contributed by atoms with E-state index in [1.165, 1.54) is 13.2 Å². The van der Waals surface area contributed by atoms with Crippen molar-refractivity contribution in [3.63, 3.8) is 0 Å². The van der Waals surface area contributed by atoms with Crippen molar-refractivity contribution < 1.29 is 32.6 Å². The summed E-state index contributed by atoms with van der Waals surface area (Å²) >= 11 is 0. The summed E-state index contributed by atoms with van der Waals surface area (Å²) in [7, 11) is 2.31.